The number of para-hydroxylation sites is 1. The molecule has 1 N–H and O–H groups in total. The van der Waals surface area contributed by atoms with E-state index >= 15 is 0 Å². The van der Waals surface area contributed by atoms with Crippen LogP contribution in [-0.2, 0) is 4.79 Å². The maximum Gasteiger partial charge on any atom is 0.257 e. The van der Waals surface area contributed by atoms with Gasteiger partial charge in [-0.15, -0.1) is 0 Å². The number of carbonyl (C=O) groups excluding carboxylic acids is 2. The van der Waals surface area contributed by atoms with E-state index in [0.717, 1.165) is 25.7 Å². The van der Waals surface area contributed by atoms with Crippen LogP contribution in [0.25, 0.3) is 0 Å². The Kier molecular flexibility index (Phi) is 6.35. The van der Waals surface area contributed by atoms with Gasteiger partial charge >= 0.3 is 0 Å². The molecule has 1 saturated carbocycles. The maximum absolute atomic E-state index is 12.8. The zero-order valence-electron chi connectivity index (χ0n) is 15.3. The van der Waals surface area contributed by atoms with Crippen molar-refractivity contribution in [2.75, 3.05) is 18.9 Å². The number of halogens is 1. The van der Waals surface area contributed by atoms with E-state index in [0.29, 0.717) is 22.0 Å². The molecule has 142 valence electrons. The van der Waals surface area contributed by atoms with Crippen molar-refractivity contribution in [2.24, 2.45) is 0 Å². The van der Waals surface area contributed by atoms with Crippen molar-refractivity contribution >= 4 is 29.1 Å². The Labute approximate surface area is 164 Å². The van der Waals surface area contributed by atoms with Crippen LogP contribution in [0.2, 0.25) is 5.02 Å². The van der Waals surface area contributed by atoms with Gasteiger partial charge < -0.3 is 15.0 Å². The van der Waals surface area contributed by atoms with Gasteiger partial charge in [-0.1, -0.05) is 29.8 Å². The summed E-state index contributed by atoms with van der Waals surface area (Å²) in [6.07, 6.45) is 4.51. The molecule has 0 saturated heterocycles. The van der Waals surface area contributed by atoms with Gasteiger partial charge in [0.15, 0.2) is 0 Å². The minimum absolute atomic E-state index is 0.0664. The van der Waals surface area contributed by atoms with Gasteiger partial charge in [0.05, 0.1) is 18.2 Å². The second-order valence-corrected chi connectivity index (χ2v) is 7.18. The number of likely N-dealkylation sites (N-methyl/N-ethyl adjacent to an activating group) is 1. The van der Waals surface area contributed by atoms with Crippen LogP contribution >= 0.6 is 11.6 Å². The second-order valence-electron chi connectivity index (χ2n) is 6.74. The first-order chi connectivity index (χ1) is 13.0. The summed E-state index contributed by atoms with van der Waals surface area (Å²) in [4.78, 5) is 26.5. The summed E-state index contributed by atoms with van der Waals surface area (Å²) in [5.41, 5.74) is 1.07. The molecular formula is C21H23ClN2O3. The van der Waals surface area contributed by atoms with E-state index in [4.69, 9.17) is 16.3 Å². The van der Waals surface area contributed by atoms with Crippen LogP contribution in [-0.4, -0.2) is 36.4 Å². The molecule has 5 nitrogen and oxygen atoms in total. The molecule has 0 heterocycles. The number of ether oxygens (including phenoxy) is 1. The van der Waals surface area contributed by atoms with Crippen molar-refractivity contribution in [3.05, 3.63) is 59.1 Å². The first-order valence-electron chi connectivity index (χ1n) is 9.09. The molecule has 0 radical (unpaired) electrons. The zero-order valence-corrected chi connectivity index (χ0v) is 16.0. The van der Waals surface area contributed by atoms with E-state index in [2.05, 4.69) is 5.32 Å². The quantitative estimate of drug-likeness (QED) is 0.801. The zero-order chi connectivity index (χ0) is 19.2. The van der Waals surface area contributed by atoms with Crippen molar-refractivity contribution in [1.82, 2.24) is 4.90 Å². The Morgan fingerprint density at radius 3 is 2.63 bits per heavy atom. The third kappa shape index (κ3) is 5.23. The summed E-state index contributed by atoms with van der Waals surface area (Å²) in [6.45, 7) is -0.0664. The standard InChI is InChI=1S/C21H23ClN2O3/c1-24(14-20(25)23-16-8-6-7-15(22)13-16)21(26)18-11-4-5-12-19(18)27-17-9-2-3-10-17/h4-8,11-13,17H,2-3,9-10,14H2,1H3,(H,23,25). The van der Waals surface area contributed by atoms with Crippen LogP contribution in [0.15, 0.2) is 48.5 Å². The molecule has 2 aromatic rings. The van der Waals surface area contributed by atoms with E-state index < -0.39 is 0 Å². The molecule has 2 aromatic carbocycles. The molecule has 0 unspecified atom stereocenters. The highest BCUT2D eigenvalue weighted by atomic mass is 35.5. The number of hydrogen-bond donors (Lipinski definition) is 1. The third-order valence-electron chi connectivity index (χ3n) is 4.55. The van der Waals surface area contributed by atoms with E-state index in [1.807, 2.05) is 12.1 Å². The van der Waals surface area contributed by atoms with Gasteiger partial charge in [-0.2, -0.15) is 0 Å². The van der Waals surface area contributed by atoms with Crippen molar-refractivity contribution in [1.29, 1.82) is 0 Å². The third-order valence-corrected chi connectivity index (χ3v) is 4.78. The summed E-state index contributed by atoms with van der Waals surface area (Å²) in [5, 5.41) is 3.28. The van der Waals surface area contributed by atoms with E-state index in [1.54, 1.807) is 43.4 Å². The molecule has 0 aromatic heterocycles. The van der Waals surface area contributed by atoms with Gasteiger partial charge in [-0.3, -0.25) is 9.59 Å². The summed E-state index contributed by atoms with van der Waals surface area (Å²) in [6, 6.07) is 14.1. The molecule has 2 amide bonds. The van der Waals surface area contributed by atoms with Crippen LogP contribution < -0.4 is 10.1 Å². The average Bonchev–Trinajstić information content (AvgIpc) is 3.14. The van der Waals surface area contributed by atoms with Gasteiger partial charge in [-0.05, 0) is 56.0 Å². The molecule has 1 aliphatic rings. The average molecular weight is 387 g/mol. The Hall–Kier alpha value is -2.53. The lowest BCUT2D eigenvalue weighted by atomic mass is 10.1. The topological polar surface area (TPSA) is 58.6 Å². The van der Waals surface area contributed by atoms with Crippen molar-refractivity contribution in [2.45, 2.75) is 31.8 Å². The Morgan fingerprint density at radius 1 is 1.15 bits per heavy atom. The number of nitrogens with zero attached hydrogens (tertiary/aromatic N) is 1. The fourth-order valence-corrected chi connectivity index (χ4v) is 3.38. The first-order valence-corrected chi connectivity index (χ1v) is 9.47. The maximum atomic E-state index is 12.8. The fraction of sp³-hybridized carbons (Fsp3) is 0.333. The normalized spacial score (nSPS) is 14.0. The number of rotatable bonds is 6. The number of benzene rings is 2. The second kappa shape index (κ2) is 8.91. The summed E-state index contributed by atoms with van der Waals surface area (Å²) in [7, 11) is 1.60. The highest BCUT2D eigenvalue weighted by Gasteiger charge is 2.22. The van der Waals surface area contributed by atoms with Gasteiger partial charge in [0.2, 0.25) is 5.91 Å². The van der Waals surface area contributed by atoms with Crippen LogP contribution in [0.4, 0.5) is 5.69 Å². The molecule has 1 fully saturated rings. The van der Waals surface area contributed by atoms with E-state index in [-0.39, 0.29) is 24.5 Å². The summed E-state index contributed by atoms with van der Waals surface area (Å²) >= 11 is 5.92. The summed E-state index contributed by atoms with van der Waals surface area (Å²) < 4.78 is 6.03. The lowest BCUT2D eigenvalue weighted by molar-refractivity contribution is -0.116. The molecular weight excluding hydrogens is 364 g/mol. The fourth-order valence-electron chi connectivity index (χ4n) is 3.19. The SMILES string of the molecule is CN(CC(=O)Nc1cccc(Cl)c1)C(=O)c1ccccc1OC1CCCC1. The van der Waals surface area contributed by atoms with Gasteiger partial charge in [0, 0.05) is 17.8 Å². The van der Waals surface area contributed by atoms with Crippen molar-refractivity contribution < 1.29 is 14.3 Å². The molecule has 0 spiro atoms. The van der Waals surface area contributed by atoms with Gasteiger partial charge in [0.1, 0.15) is 5.75 Å². The molecule has 6 heteroatoms. The van der Waals surface area contributed by atoms with E-state index in [1.165, 1.54) is 4.90 Å². The van der Waals surface area contributed by atoms with Gasteiger partial charge in [-0.25, -0.2) is 0 Å². The smallest absolute Gasteiger partial charge is 0.257 e. The molecule has 3 rings (SSSR count). The number of hydrogen-bond acceptors (Lipinski definition) is 3. The molecule has 0 atom stereocenters. The highest BCUT2D eigenvalue weighted by Crippen LogP contribution is 2.27. The van der Waals surface area contributed by atoms with Gasteiger partial charge in [0.25, 0.3) is 5.91 Å². The predicted molar refractivity (Wildman–Crippen MR) is 106 cm³/mol. The number of anilines is 1. The molecule has 0 bridgehead atoms. The number of amides is 2. The Bertz CT molecular complexity index is 819. The van der Waals surface area contributed by atoms with Crippen LogP contribution in [0.5, 0.6) is 5.75 Å². The lowest BCUT2D eigenvalue weighted by Gasteiger charge is -2.20. The molecule has 27 heavy (non-hydrogen) atoms. The monoisotopic (exact) mass is 386 g/mol. The molecule has 0 aliphatic heterocycles. The summed E-state index contributed by atoms with van der Waals surface area (Å²) in [5.74, 6) is 0.0450. The van der Waals surface area contributed by atoms with E-state index in [9.17, 15) is 9.59 Å². The Balaban J connectivity index is 1.63. The largest absolute Gasteiger partial charge is 0.490 e. The Morgan fingerprint density at radius 2 is 1.89 bits per heavy atom. The lowest BCUT2D eigenvalue weighted by Crippen LogP contribution is -2.35. The predicted octanol–water partition coefficient (Wildman–Crippen LogP) is 4.37. The van der Waals surface area contributed by atoms with Crippen LogP contribution in [0.1, 0.15) is 36.0 Å². The number of nitrogens with one attached hydrogen (secondary N) is 1. The molecule has 1 aliphatic carbocycles. The van der Waals surface area contributed by atoms with Crippen LogP contribution in [0, 0.1) is 0 Å². The highest BCUT2D eigenvalue weighted by molar-refractivity contribution is 6.30. The van der Waals surface area contributed by atoms with Crippen molar-refractivity contribution in [3.8, 4) is 5.75 Å². The van der Waals surface area contributed by atoms with Crippen molar-refractivity contribution in [3.63, 3.8) is 0 Å². The first kappa shape index (κ1) is 19.2. The van der Waals surface area contributed by atoms with Crippen LogP contribution in [0.3, 0.4) is 0 Å². The number of carbonyl (C=O) groups is 2. The minimum atomic E-state index is -0.290. The minimum Gasteiger partial charge on any atom is -0.490 e.